The predicted octanol–water partition coefficient (Wildman–Crippen LogP) is -0.0125. The Morgan fingerprint density at radius 2 is 0.333 bits per heavy atom. The fraction of sp³-hybridized carbons (Fsp3) is 0. The van der Waals surface area contributed by atoms with Gasteiger partial charge < -0.3 is 0 Å². The normalized spacial score (nSPS) is 0. The Labute approximate surface area is 122 Å². The van der Waals surface area contributed by atoms with E-state index in [2.05, 4.69) is 0 Å². The van der Waals surface area contributed by atoms with Crippen LogP contribution in [0.4, 0.5) is 0 Å². The van der Waals surface area contributed by atoms with Crippen LogP contribution in [0.2, 0.25) is 0 Å². The third-order valence-corrected chi connectivity index (χ3v) is 0. The minimum Gasteiger partial charge on any atom is 0 e. The standard InChI is InChI=1S/5Co.Nd. The van der Waals surface area contributed by atoms with E-state index >= 15 is 0 Å². The monoisotopic (exact) mass is 437 g/mol. The molecule has 6 heavy (non-hydrogen) atoms. The van der Waals surface area contributed by atoms with Gasteiger partial charge in [0.2, 0.25) is 0 Å². The van der Waals surface area contributed by atoms with Gasteiger partial charge in [-0.05, 0) is 0 Å². The molecule has 49 valence electrons. The molecule has 0 aliphatic rings. The Hall–Kier alpha value is 3.88. The van der Waals surface area contributed by atoms with Crippen molar-refractivity contribution in [1.29, 1.82) is 0 Å². The van der Waals surface area contributed by atoms with Crippen molar-refractivity contribution >= 4 is 0 Å². The average Bonchev–Trinajstić information content (AvgIpc) is 0. The zero-order valence-corrected chi connectivity index (χ0v) is 10.6. The van der Waals surface area contributed by atoms with Crippen molar-refractivity contribution in [2.24, 2.45) is 0 Å². The van der Waals surface area contributed by atoms with Gasteiger partial charge in [0.15, 0.2) is 0 Å². The first-order chi connectivity index (χ1) is 0. The molecule has 0 atom stereocenters. The molecule has 6 heteroatoms. The molecule has 0 aromatic rings. The molecule has 0 aliphatic carbocycles. The summed E-state index contributed by atoms with van der Waals surface area (Å²) < 4.78 is 0. The molecule has 0 fully saturated rings. The first kappa shape index (κ1) is 51.7. The number of rotatable bonds is 0. The predicted molar refractivity (Wildman–Crippen MR) is 0 cm³/mol. The van der Waals surface area contributed by atoms with Crippen LogP contribution in [0.1, 0.15) is 0 Å². The van der Waals surface area contributed by atoms with E-state index in [0.29, 0.717) is 0 Å². The van der Waals surface area contributed by atoms with E-state index in [1.165, 1.54) is 0 Å². The smallest absolute Gasteiger partial charge is 0 e. The van der Waals surface area contributed by atoms with Crippen LogP contribution in [0.15, 0.2) is 0 Å². The van der Waals surface area contributed by atoms with Crippen LogP contribution in [0, 0.1) is 40.8 Å². The van der Waals surface area contributed by atoms with E-state index < -0.39 is 0 Å². The largest absolute Gasteiger partial charge is 0 e. The fourth-order valence-corrected chi connectivity index (χ4v) is 0. The Kier molecular flexibility index (Phi) is 316. The second-order valence-corrected chi connectivity index (χ2v) is 0. The van der Waals surface area contributed by atoms with Crippen molar-refractivity contribution in [2.75, 3.05) is 0 Å². The van der Waals surface area contributed by atoms with Crippen LogP contribution in [0.25, 0.3) is 0 Å². The molecule has 5 radical (unpaired) electrons. The summed E-state index contributed by atoms with van der Waals surface area (Å²) in [5, 5.41) is 0. The first-order valence-electron chi connectivity index (χ1n) is 0. The van der Waals surface area contributed by atoms with Crippen molar-refractivity contribution in [3.05, 3.63) is 0 Å². The minimum absolute atomic E-state index is 0. The number of hydrogen-bond acceptors (Lipinski definition) is 0. The van der Waals surface area contributed by atoms with Gasteiger partial charge in [-0.25, -0.2) is 0 Å². The van der Waals surface area contributed by atoms with Crippen LogP contribution >= 0.6 is 0 Å². The second kappa shape index (κ2) is 36.6. The molecule has 0 heterocycles. The molecule has 0 aliphatic heterocycles. The van der Waals surface area contributed by atoms with E-state index in [9.17, 15) is 0 Å². The molecule has 0 nitrogen and oxygen atoms in total. The Bertz CT molecular complexity index is 3.90. The van der Waals surface area contributed by atoms with Crippen molar-refractivity contribution in [1.82, 2.24) is 0 Å². The molecule has 0 saturated heterocycles. The van der Waals surface area contributed by atoms with Crippen molar-refractivity contribution in [3.63, 3.8) is 0 Å². The first-order valence-corrected chi connectivity index (χ1v) is 0. The zero-order chi connectivity index (χ0) is 0. The summed E-state index contributed by atoms with van der Waals surface area (Å²) in [5.41, 5.74) is 0. The summed E-state index contributed by atoms with van der Waals surface area (Å²) in [4.78, 5) is 0. The summed E-state index contributed by atoms with van der Waals surface area (Å²) in [6.07, 6.45) is 0. The third-order valence-electron chi connectivity index (χ3n) is 0. The van der Waals surface area contributed by atoms with Crippen molar-refractivity contribution < 1.29 is 125 Å². The summed E-state index contributed by atoms with van der Waals surface area (Å²) in [7, 11) is 0. The molecule has 0 aromatic carbocycles. The van der Waals surface area contributed by atoms with Gasteiger partial charge in [0.05, 0.1) is 0 Å². The van der Waals surface area contributed by atoms with Gasteiger partial charge in [0.1, 0.15) is 0 Å². The minimum atomic E-state index is 0. The fourth-order valence-electron chi connectivity index (χ4n) is 0. The van der Waals surface area contributed by atoms with Gasteiger partial charge in [-0.2, -0.15) is 0 Å². The molecule has 0 bridgehead atoms. The van der Waals surface area contributed by atoms with Crippen LogP contribution in [-0.2, 0) is 83.9 Å². The van der Waals surface area contributed by atoms with Crippen LogP contribution < -0.4 is 0 Å². The maximum Gasteiger partial charge on any atom is 0 e. The average molecular weight is 439 g/mol. The van der Waals surface area contributed by atoms with Gasteiger partial charge in [-0.3, -0.25) is 0 Å². The second-order valence-electron chi connectivity index (χ2n) is 0. The van der Waals surface area contributed by atoms with Gasteiger partial charge in [0.25, 0.3) is 0 Å². The SMILES string of the molecule is [Co].[Co].[Co].[Co].[Co].[Nd]. The maximum atomic E-state index is 0. The Morgan fingerprint density at radius 1 is 0.333 bits per heavy atom. The van der Waals surface area contributed by atoms with E-state index in [-0.39, 0.29) is 125 Å². The molecule has 0 rings (SSSR count). The summed E-state index contributed by atoms with van der Waals surface area (Å²) in [6.45, 7) is 0. The van der Waals surface area contributed by atoms with E-state index in [0.717, 1.165) is 0 Å². The van der Waals surface area contributed by atoms with E-state index in [1.54, 1.807) is 0 Å². The Morgan fingerprint density at radius 3 is 0.333 bits per heavy atom. The molecule has 0 unspecified atom stereocenters. The van der Waals surface area contributed by atoms with Crippen LogP contribution in [0.3, 0.4) is 0 Å². The molecular weight excluding hydrogens is 439 g/mol. The van der Waals surface area contributed by atoms with Gasteiger partial charge in [-0.15, -0.1) is 0 Å². The van der Waals surface area contributed by atoms with E-state index in [4.69, 9.17) is 0 Å². The summed E-state index contributed by atoms with van der Waals surface area (Å²) >= 11 is 0. The molecule has 0 spiro atoms. The van der Waals surface area contributed by atoms with Crippen molar-refractivity contribution in [3.8, 4) is 0 Å². The van der Waals surface area contributed by atoms with Gasteiger partial charge >= 0.3 is 0 Å². The Balaban J connectivity index is 0. The summed E-state index contributed by atoms with van der Waals surface area (Å²) in [5.74, 6) is 0. The molecule has 0 aromatic heterocycles. The van der Waals surface area contributed by atoms with Gasteiger partial charge in [-0.1, -0.05) is 0 Å². The molecule has 0 amide bonds. The maximum absolute atomic E-state index is 0. The summed E-state index contributed by atoms with van der Waals surface area (Å²) in [6, 6.07) is 0. The third kappa shape index (κ3) is 24.8. The van der Waals surface area contributed by atoms with Crippen LogP contribution in [0.5, 0.6) is 0 Å². The van der Waals surface area contributed by atoms with E-state index in [1.807, 2.05) is 0 Å². The van der Waals surface area contributed by atoms with Gasteiger partial charge in [0, 0.05) is 125 Å². The number of hydrogen-bond donors (Lipinski definition) is 0. The molecule has 0 N–H and O–H groups in total. The molecular formula is Co5Nd. The zero-order valence-electron chi connectivity index (χ0n) is 2.17. The van der Waals surface area contributed by atoms with Crippen LogP contribution in [-0.4, -0.2) is 0 Å². The quantitative estimate of drug-likeness (QED) is 0.499. The molecule has 0 saturated carbocycles. The van der Waals surface area contributed by atoms with Crippen molar-refractivity contribution in [2.45, 2.75) is 0 Å². The topological polar surface area (TPSA) is 0 Å².